The summed E-state index contributed by atoms with van der Waals surface area (Å²) >= 11 is 0. The minimum absolute atomic E-state index is 0.0828. The fourth-order valence-corrected chi connectivity index (χ4v) is 3.22. The zero-order valence-electron chi connectivity index (χ0n) is 17.7. The predicted molar refractivity (Wildman–Crippen MR) is 125 cm³/mol. The number of benzene rings is 3. The van der Waals surface area contributed by atoms with E-state index in [4.69, 9.17) is 0 Å². The number of anilines is 2. The molecule has 4 rings (SSSR count). The third-order valence-corrected chi connectivity index (χ3v) is 4.96. The van der Waals surface area contributed by atoms with Crippen LogP contribution < -0.4 is 16.2 Å². The van der Waals surface area contributed by atoms with Gasteiger partial charge in [0.1, 0.15) is 0 Å². The Bertz CT molecular complexity index is 1340. The van der Waals surface area contributed by atoms with Crippen LogP contribution in [0.15, 0.2) is 83.7 Å². The van der Waals surface area contributed by atoms with Crippen molar-refractivity contribution in [1.82, 2.24) is 9.78 Å². The highest BCUT2D eigenvalue weighted by molar-refractivity contribution is 6.11. The quantitative estimate of drug-likeness (QED) is 0.499. The molecule has 3 aromatic carbocycles. The molecule has 0 unspecified atom stereocenters. The van der Waals surface area contributed by atoms with Crippen LogP contribution in [0.1, 0.15) is 24.3 Å². The molecule has 1 aromatic heterocycles. The third kappa shape index (κ3) is 4.27. The van der Waals surface area contributed by atoms with Crippen LogP contribution in [0.2, 0.25) is 0 Å². The summed E-state index contributed by atoms with van der Waals surface area (Å²) in [6, 6.07) is 22.7. The standard InChI is InChI=1S/C25H22N4O3/c1-16(2)23(30)26-17-12-14-18(15-13-17)27-24(31)22-20-10-6-7-11-21(20)25(32)29(28-22)19-8-4-3-5-9-19/h3-16H,1-2H3,(H,26,30)(H,27,31). The fourth-order valence-electron chi connectivity index (χ4n) is 3.22. The number of nitrogens with one attached hydrogen (secondary N) is 2. The van der Waals surface area contributed by atoms with Gasteiger partial charge in [0, 0.05) is 22.7 Å². The van der Waals surface area contributed by atoms with E-state index in [9.17, 15) is 14.4 Å². The molecule has 32 heavy (non-hydrogen) atoms. The van der Waals surface area contributed by atoms with Gasteiger partial charge in [-0.2, -0.15) is 9.78 Å². The molecule has 7 nitrogen and oxygen atoms in total. The normalized spacial score (nSPS) is 10.8. The topological polar surface area (TPSA) is 93.1 Å². The first-order valence-corrected chi connectivity index (χ1v) is 10.2. The Morgan fingerprint density at radius 1 is 0.781 bits per heavy atom. The number of fused-ring (bicyclic) bond motifs is 1. The maximum atomic E-state index is 13.1. The van der Waals surface area contributed by atoms with Crippen molar-refractivity contribution in [2.45, 2.75) is 13.8 Å². The van der Waals surface area contributed by atoms with Crippen LogP contribution in [0.25, 0.3) is 16.5 Å². The van der Waals surface area contributed by atoms with Crippen LogP contribution >= 0.6 is 0 Å². The molecule has 2 amide bonds. The zero-order chi connectivity index (χ0) is 22.7. The summed E-state index contributed by atoms with van der Waals surface area (Å²) in [5, 5.41) is 10.9. The molecular formula is C25H22N4O3. The summed E-state index contributed by atoms with van der Waals surface area (Å²) < 4.78 is 1.24. The Balaban J connectivity index is 1.67. The molecule has 2 N–H and O–H groups in total. The molecule has 0 spiro atoms. The highest BCUT2D eigenvalue weighted by Crippen LogP contribution is 2.19. The largest absolute Gasteiger partial charge is 0.326 e. The van der Waals surface area contributed by atoms with Gasteiger partial charge in [0.2, 0.25) is 5.91 Å². The van der Waals surface area contributed by atoms with Crippen LogP contribution in [0.5, 0.6) is 0 Å². The van der Waals surface area contributed by atoms with Crippen LogP contribution in [0, 0.1) is 5.92 Å². The number of hydrogen-bond acceptors (Lipinski definition) is 4. The summed E-state index contributed by atoms with van der Waals surface area (Å²) in [5.41, 5.74) is 1.60. The van der Waals surface area contributed by atoms with Gasteiger partial charge in [0.25, 0.3) is 11.5 Å². The first-order valence-electron chi connectivity index (χ1n) is 10.2. The molecule has 0 saturated heterocycles. The van der Waals surface area contributed by atoms with E-state index in [1.807, 2.05) is 19.9 Å². The molecule has 160 valence electrons. The van der Waals surface area contributed by atoms with Gasteiger partial charge in [-0.25, -0.2) is 0 Å². The lowest BCUT2D eigenvalue weighted by Gasteiger charge is -2.12. The van der Waals surface area contributed by atoms with Gasteiger partial charge in [0.05, 0.1) is 11.1 Å². The number of hydrogen-bond donors (Lipinski definition) is 2. The van der Waals surface area contributed by atoms with E-state index >= 15 is 0 Å². The molecule has 0 aliphatic carbocycles. The Labute approximate surface area is 184 Å². The SMILES string of the molecule is CC(C)C(=O)Nc1ccc(NC(=O)c2nn(-c3ccccc3)c(=O)c3ccccc23)cc1. The number of para-hydroxylation sites is 1. The molecular weight excluding hydrogens is 404 g/mol. The summed E-state index contributed by atoms with van der Waals surface area (Å²) in [4.78, 5) is 37.9. The van der Waals surface area contributed by atoms with E-state index in [-0.39, 0.29) is 23.1 Å². The van der Waals surface area contributed by atoms with Crippen molar-refractivity contribution in [3.63, 3.8) is 0 Å². The van der Waals surface area contributed by atoms with Crippen LogP contribution in [-0.2, 0) is 4.79 Å². The highest BCUT2D eigenvalue weighted by Gasteiger charge is 2.17. The molecule has 0 bridgehead atoms. The summed E-state index contributed by atoms with van der Waals surface area (Å²) in [5.74, 6) is -0.653. The number of carbonyl (C=O) groups is 2. The van der Waals surface area contributed by atoms with E-state index in [0.717, 1.165) is 0 Å². The molecule has 0 aliphatic rings. The van der Waals surface area contributed by atoms with E-state index < -0.39 is 5.91 Å². The minimum atomic E-state index is -0.440. The van der Waals surface area contributed by atoms with Gasteiger partial charge in [-0.3, -0.25) is 14.4 Å². The van der Waals surface area contributed by atoms with Crippen LogP contribution in [0.4, 0.5) is 11.4 Å². The molecule has 0 fully saturated rings. The van der Waals surface area contributed by atoms with Crippen molar-refractivity contribution in [2.24, 2.45) is 5.92 Å². The van der Waals surface area contributed by atoms with E-state index in [1.54, 1.807) is 72.8 Å². The van der Waals surface area contributed by atoms with Crippen molar-refractivity contribution in [3.05, 3.63) is 94.9 Å². The maximum Gasteiger partial charge on any atom is 0.279 e. The van der Waals surface area contributed by atoms with Gasteiger partial charge in [-0.05, 0) is 42.5 Å². The molecule has 1 heterocycles. The van der Waals surface area contributed by atoms with Gasteiger partial charge in [-0.15, -0.1) is 0 Å². The second-order valence-corrected chi connectivity index (χ2v) is 7.62. The monoisotopic (exact) mass is 426 g/mol. The second kappa shape index (κ2) is 8.85. The van der Waals surface area contributed by atoms with E-state index in [2.05, 4.69) is 15.7 Å². The Morgan fingerprint density at radius 3 is 1.97 bits per heavy atom. The minimum Gasteiger partial charge on any atom is -0.326 e. The summed E-state index contributed by atoms with van der Waals surface area (Å²) in [6.07, 6.45) is 0. The zero-order valence-corrected chi connectivity index (χ0v) is 17.7. The fraction of sp³-hybridized carbons (Fsp3) is 0.120. The summed E-state index contributed by atoms with van der Waals surface area (Å²) in [7, 11) is 0. The molecule has 0 atom stereocenters. The number of amides is 2. The smallest absolute Gasteiger partial charge is 0.279 e. The summed E-state index contributed by atoms with van der Waals surface area (Å²) in [6.45, 7) is 3.63. The van der Waals surface area contributed by atoms with Crippen molar-refractivity contribution in [3.8, 4) is 5.69 Å². The van der Waals surface area contributed by atoms with Gasteiger partial charge in [-0.1, -0.05) is 50.2 Å². The van der Waals surface area contributed by atoms with Gasteiger partial charge < -0.3 is 10.6 Å². The van der Waals surface area contributed by atoms with E-state index in [1.165, 1.54) is 4.68 Å². The molecule has 7 heteroatoms. The average Bonchev–Trinajstić information content (AvgIpc) is 2.81. The van der Waals surface area contributed by atoms with Crippen molar-refractivity contribution in [1.29, 1.82) is 0 Å². The van der Waals surface area contributed by atoms with Crippen LogP contribution in [0.3, 0.4) is 0 Å². The maximum absolute atomic E-state index is 13.1. The van der Waals surface area contributed by atoms with E-state index in [0.29, 0.717) is 27.8 Å². The molecule has 0 radical (unpaired) electrons. The number of aromatic nitrogens is 2. The lowest BCUT2D eigenvalue weighted by molar-refractivity contribution is -0.118. The number of carbonyl (C=O) groups excluding carboxylic acids is 2. The third-order valence-electron chi connectivity index (χ3n) is 4.96. The predicted octanol–water partition coefficient (Wildman–Crippen LogP) is 4.23. The molecule has 0 aliphatic heterocycles. The lowest BCUT2D eigenvalue weighted by atomic mass is 10.1. The number of nitrogens with zero attached hydrogens (tertiary/aromatic N) is 2. The van der Waals surface area contributed by atoms with Gasteiger partial charge in [0.15, 0.2) is 5.69 Å². The molecule has 4 aromatic rings. The lowest BCUT2D eigenvalue weighted by Crippen LogP contribution is -2.26. The van der Waals surface area contributed by atoms with Gasteiger partial charge >= 0.3 is 0 Å². The Morgan fingerprint density at radius 2 is 1.34 bits per heavy atom. The van der Waals surface area contributed by atoms with Crippen molar-refractivity contribution >= 4 is 34.0 Å². The average molecular weight is 426 g/mol. The highest BCUT2D eigenvalue weighted by atomic mass is 16.2. The first-order chi connectivity index (χ1) is 15.4. The second-order valence-electron chi connectivity index (χ2n) is 7.62. The Hall–Kier alpha value is -4.26. The molecule has 0 saturated carbocycles. The van der Waals surface area contributed by atoms with Crippen molar-refractivity contribution in [2.75, 3.05) is 10.6 Å². The first kappa shape index (κ1) is 21.0. The number of rotatable bonds is 5. The van der Waals surface area contributed by atoms with Crippen molar-refractivity contribution < 1.29 is 9.59 Å². The Kier molecular flexibility index (Phi) is 5.81. The van der Waals surface area contributed by atoms with Crippen LogP contribution in [-0.4, -0.2) is 21.6 Å².